The summed E-state index contributed by atoms with van der Waals surface area (Å²) >= 11 is 0. The van der Waals surface area contributed by atoms with Crippen molar-refractivity contribution in [1.29, 1.82) is 0 Å². The molecule has 0 radical (unpaired) electrons. The molecule has 0 spiro atoms. The quantitative estimate of drug-likeness (QED) is 0.867. The molecule has 0 fully saturated rings. The highest BCUT2D eigenvalue weighted by Gasteiger charge is 2.25. The van der Waals surface area contributed by atoms with Gasteiger partial charge in [-0.05, 0) is 38.8 Å². The molecule has 0 aromatic heterocycles. The molecule has 2 rings (SSSR count). The molecule has 0 aliphatic carbocycles. The van der Waals surface area contributed by atoms with Crippen LogP contribution in [-0.2, 0) is 22.6 Å². The van der Waals surface area contributed by atoms with Gasteiger partial charge < -0.3 is 10.2 Å². The number of rotatable bonds is 6. The minimum absolute atomic E-state index is 0.0494. The van der Waals surface area contributed by atoms with Crippen LogP contribution >= 0.6 is 0 Å². The lowest BCUT2D eigenvalue weighted by molar-refractivity contribution is -0.139. The minimum Gasteiger partial charge on any atom is -0.357 e. The molecule has 1 atom stereocenters. The van der Waals surface area contributed by atoms with Gasteiger partial charge in [0.1, 0.15) is 6.04 Å². The monoisotopic (exact) mass is 352 g/mol. The third-order valence-corrected chi connectivity index (χ3v) is 4.52. The lowest BCUT2D eigenvalue weighted by Crippen LogP contribution is -2.47. The molecule has 0 saturated carbocycles. The molecule has 0 bridgehead atoms. The zero-order valence-corrected chi connectivity index (χ0v) is 16.3. The normalized spacial score (nSPS) is 11.7. The fourth-order valence-electron chi connectivity index (χ4n) is 3.13. The van der Waals surface area contributed by atoms with Crippen molar-refractivity contribution in [1.82, 2.24) is 10.2 Å². The van der Waals surface area contributed by atoms with E-state index in [1.165, 1.54) is 5.56 Å². The molecule has 4 nitrogen and oxygen atoms in total. The zero-order valence-electron chi connectivity index (χ0n) is 16.3. The molecule has 2 aromatic carbocycles. The van der Waals surface area contributed by atoms with Gasteiger partial charge in [-0.1, -0.05) is 59.2 Å². The molecular formula is C22H28N2O2. The number of carbonyl (C=O) groups is 2. The van der Waals surface area contributed by atoms with E-state index in [0.717, 1.165) is 22.3 Å². The third-order valence-electron chi connectivity index (χ3n) is 4.52. The molecule has 0 aliphatic rings. The molecular weight excluding hydrogens is 324 g/mol. The summed E-state index contributed by atoms with van der Waals surface area (Å²) in [4.78, 5) is 26.8. The molecule has 2 amide bonds. The smallest absolute Gasteiger partial charge is 0.242 e. The second-order valence-corrected chi connectivity index (χ2v) is 6.97. The van der Waals surface area contributed by atoms with Crippen molar-refractivity contribution >= 4 is 11.8 Å². The van der Waals surface area contributed by atoms with Crippen molar-refractivity contribution in [3.63, 3.8) is 0 Å². The van der Waals surface area contributed by atoms with Gasteiger partial charge in [-0.25, -0.2) is 0 Å². The Balaban J connectivity index is 2.24. The number of hydrogen-bond donors (Lipinski definition) is 1. The molecule has 4 heteroatoms. The van der Waals surface area contributed by atoms with Crippen LogP contribution in [0.25, 0.3) is 0 Å². The summed E-state index contributed by atoms with van der Waals surface area (Å²) < 4.78 is 0. The first kappa shape index (κ1) is 19.7. The van der Waals surface area contributed by atoms with Gasteiger partial charge in [-0.15, -0.1) is 0 Å². The van der Waals surface area contributed by atoms with E-state index >= 15 is 0 Å². The number of nitrogens with zero attached hydrogens (tertiary/aromatic N) is 1. The van der Waals surface area contributed by atoms with Crippen LogP contribution in [0, 0.1) is 20.8 Å². The van der Waals surface area contributed by atoms with Crippen LogP contribution in [0.2, 0.25) is 0 Å². The van der Waals surface area contributed by atoms with Gasteiger partial charge in [-0.3, -0.25) is 9.59 Å². The van der Waals surface area contributed by atoms with Gasteiger partial charge in [0.25, 0.3) is 0 Å². The first-order valence-corrected chi connectivity index (χ1v) is 8.94. The topological polar surface area (TPSA) is 49.4 Å². The number of amides is 2. The van der Waals surface area contributed by atoms with Crippen molar-refractivity contribution in [3.8, 4) is 0 Å². The van der Waals surface area contributed by atoms with Crippen LogP contribution in [0.1, 0.15) is 34.7 Å². The number of likely N-dealkylation sites (N-methyl/N-ethyl adjacent to an activating group) is 1. The maximum Gasteiger partial charge on any atom is 0.242 e. The summed E-state index contributed by atoms with van der Waals surface area (Å²) in [5.74, 6) is -0.211. The van der Waals surface area contributed by atoms with Crippen LogP contribution in [-0.4, -0.2) is 29.8 Å². The fourth-order valence-corrected chi connectivity index (χ4v) is 3.13. The van der Waals surface area contributed by atoms with E-state index in [4.69, 9.17) is 0 Å². The van der Waals surface area contributed by atoms with E-state index in [0.29, 0.717) is 6.54 Å². The van der Waals surface area contributed by atoms with Gasteiger partial charge in [0, 0.05) is 13.6 Å². The molecule has 26 heavy (non-hydrogen) atoms. The lowest BCUT2D eigenvalue weighted by Gasteiger charge is -2.28. The molecule has 1 N–H and O–H groups in total. The second-order valence-electron chi connectivity index (χ2n) is 6.97. The highest BCUT2D eigenvalue weighted by atomic mass is 16.2. The minimum atomic E-state index is -0.528. The molecule has 2 aromatic rings. The Bertz CT molecular complexity index is 761. The Hall–Kier alpha value is -2.62. The highest BCUT2D eigenvalue weighted by Crippen LogP contribution is 2.15. The Morgan fingerprint density at radius 1 is 0.923 bits per heavy atom. The van der Waals surface area contributed by atoms with Crippen molar-refractivity contribution in [2.45, 2.75) is 46.7 Å². The van der Waals surface area contributed by atoms with Gasteiger partial charge >= 0.3 is 0 Å². The maximum atomic E-state index is 13.0. The van der Waals surface area contributed by atoms with E-state index in [1.54, 1.807) is 18.9 Å². The van der Waals surface area contributed by atoms with Gasteiger partial charge in [-0.2, -0.15) is 0 Å². The van der Waals surface area contributed by atoms with Crippen LogP contribution < -0.4 is 5.32 Å². The predicted octanol–water partition coefficient (Wildman–Crippen LogP) is 3.32. The average Bonchev–Trinajstić information content (AvgIpc) is 2.58. The highest BCUT2D eigenvalue weighted by molar-refractivity contribution is 5.88. The Morgan fingerprint density at radius 3 is 2.04 bits per heavy atom. The summed E-state index contributed by atoms with van der Waals surface area (Å²) in [5.41, 5.74) is 5.43. The summed E-state index contributed by atoms with van der Waals surface area (Å²) in [6.07, 6.45) is 0.287. The first-order valence-electron chi connectivity index (χ1n) is 8.94. The summed E-state index contributed by atoms with van der Waals surface area (Å²) in [5, 5.41) is 2.64. The molecule has 0 heterocycles. The first-order chi connectivity index (χ1) is 12.3. The van der Waals surface area contributed by atoms with E-state index in [2.05, 4.69) is 11.4 Å². The SMILES string of the molecule is CNC(=O)[C@H](C)N(Cc1ccc(C)cc1)C(=O)Cc1cc(C)cc(C)c1. The van der Waals surface area contributed by atoms with E-state index in [1.807, 2.05) is 57.2 Å². The van der Waals surface area contributed by atoms with Crippen LogP contribution in [0.5, 0.6) is 0 Å². The summed E-state index contributed by atoms with van der Waals surface area (Å²) in [6.45, 7) is 8.27. The Labute approximate surface area is 156 Å². The van der Waals surface area contributed by atoms with Crippen LogP contribution in [0.4, 0.5) is 0 Å². The molecule has 0 aliphatic heterocycles. The predicted molar refractivity (Wildman–Crippen MR) is 105 cm³/mol. The van der Waals surface area contributed by atoms with E-state index < -0.39 is 6.04 Å². The van der Waals surface area contributed by atoms with Gasteiger partial charge in [0.15, 0.2) is 0 Å². The number of aryl methyl sites for hydroxylation is 3. The van der Waals surface area contributed by atoms with Crippen molar-refractivity contribution in [3.05, 3.63) is 70.3 Å². The zero-order chi connectivity index (χ0) is 19.3. The van der Waals surface area contributed by atoms with E-state index in [9.17, 15) is 9.59 Å². The number of hydrogen-bond acceptors (Lipinski definition) is 2. The largest absolute Gasteiger partial charge is 0.357 e. The Morgan fingerprint density at radius 2 is 1.50 bits per heavy atom. The second kappa shape index (κ2) is 8.65. The standard InChI is InChI=1S/C22H28N2O2/c1-15-6-8-19(9-7-15)14-24(18(4)22(26)23-5)21(25)13-20-11-16(2)10-17(3)12-20/h6-12,18H,13-14H2,1-5H3,(H,23,26)/t18-/m0/s1. The Kier molecular flexibility index (Phi) is 6.56. The number of carbonyl (C=O) groups excluding carboxylic acids is 2. The molecule has 0 saturated heterocycles. The number of nitrogens with one attached hydrogen (secondary N) is 1. The average molecular weight is 352 g/mol. The maximum absolute atomic E-state index is 13.0. The van der Waals surface area contributed by atoms with Gasteiger partial charge in [0.05, 0.1) is 6.42 Å². The van der Waals surface area contributed by atoms with Gasteiger partial charge in [0.2, 0.25) is 11.8 Å². The number of benzene rings is 2. The van der Waals surface area contributed by atoms with Crippen LogP contribution in [0.3, 0.4) is 0 Å². The van der Waals surface area contributed by atoms with Crippen molar-refractivity contribution in [2.75, 3.05) is 7.05 Å². The summed E-state index contributed by atoms with van der Waals surface area (Å²) in [6, 6.07) is 13.7. The lowest BCUT2D eigenvalue weighted by atomic mass is 10.0. The fraction of sp³-hybridized carbons (Fsp3) is 0.364. The van der Waals surface area contributed by atoms with Crippen molar-refractivity contribution in [2.24, 2.45) is 0 Å². The van der Waals surface area contributed by atoms with Crippen LogP contribution in [0.15, 0.2) is 42.5 Å². The van der Waals surface area contributed by atoms with E-state index in [-0.39, 0.29) is 18.2 Å². The summed E-state index contributed by atoms with van der Waals surface area (Å²) in [7, 11) is 1.59. The third kappa shape index (κ3) is 5.19. The molecule has 0 unspecified atom stereocenters. The van der Waals surface area contributed by atoms with Crippen molar-refractivity contribution < 1.29 is 9.59 Å². The molecule has 138 valence electrons.